The molecule has 1 fully saturated rings. The predicted molar refractivity (Wildman–Crippen MR) is 89.2 cm³/mol. The van der Waals surface area contributed by atoms with Gasteiger partial charge in [-0.3, -0.25) is 19.8 Å². The number of carbonyl (C=O) groups is 1. The van der Waals surface area contributed by atoms with Crippen molar-refractivity contribution in [3.05, 3.63) is 39.9 Å². The van der Waals surface area contributed by atoms with Gasteiger partial charge in [-0.15, -0.1) is 0 Å². The molecule has 1 aromatic rings. The van der Waals surface area contributed by atoms with Crippen molar-refractivity contribution in [3.8, 4) is 0 Å². The second-order valence-corrected chi connectivity index (χ2v) is 6.46. The monoisotopic (exact) mass is 319 g/mol. The third kappa shape index (κ3) is 5.03. The number of nitrogens with one attached hydrogen (secondary N) is 1. The van der Waals surface area contributed by atoms with Crippen LogP contribution in [0.4, 0.5) is 5.69 Å². The number of hydrogen-bond donors (Lipinski definition) is 1. The van der Waals surface area contributed by atoms with E-state index in [9.17, 15) is 14.9 Å². The Kier molecular flexibility index (Phi) is 6.10. The van der Waals surface area contributed by atoms with Gasteiger partial charge in [0.2, 0.25) is 5.91 Å². The van der Waals surface area contributed by atoms with Crippen LogP contribution in [0.1, 0.15) is 32.3 Å². The highest BCUT2D eigenvalue weighted by Crippen LogP contribution is 2.19. The molecule has 0 saturated carbocycles. The van der Waals surface area contributed by atoms with E-state index in [-0.39, 0.29) is 24.1 Å². The van der Waals surface area contributed by atoms with Gasteiger partial charge in [-0.25, -0.2) is 0 Å². The number of nitro groups is 1. The molecule has 0 aliphatic carbocycles. The lowest BCUT2D eigenvalue weighted by Crippen LogP contribution is -2.46. The number of likely N-dealkylation sites (tertiary alicyclic amines) is 1. The molecular formula is C17H25N3O3. The second-order valence-electron chi connectivity index (χ2n) is 6.46. The van der Waals surface area contributed by atoms with Crippen LogP contribution in [0.3, 0.4) is 0 Å². The summed E-state index contributed by atoms with van der Waals surface area (Å²) in [5, 5.41) is 13.9. The molecule has 6 heteroatoms. The molecule has 1 heterocycles. The molecule has 2 unspecified atom stereocenters. The van der Waals surface area contributed by atoms with Gasteiger partial charge in [-0.2, -0.15) is 0 Å². The summed E-state index contributed by atoms with van der Waals surface area (Å²) in [6.07, 6.45) is 2.52. The molecule has 1 amide bonds. The molecule has 0 bridgehead atoms. The molecule has 1 aliphatic heterocycles. The van der Waals surface area contributed by atoms with Crippen LogP contribution in [-0.2, 0) is 11.2 Å². The Balaban J connectivity index is 1.84. The zero-order valence-electron chi connectivity index (χ0n) is 13.8. The van der Waals surface area contributed by atoms with Crippen molar-refractivity contribution in [2.24, 2.45) is 5.92 Å². The fourth-order valence-corrected chi connectivity index (χ4v) is 3.09. The smallest absolute Gasteiger partial charge is 0.273 e. The zero-order chi connectivity index (χ0) is 16.8. The van der Waals surface area contributed by atoms with Crippen LogP contribution in [0.5, 0.6) is 0 Å². The summed E-state index contributed by atoms with van der Waals surface area (Å²) < 4.78 is 0. The van der Waals surface area contributed by atoms with Gasteiger partial charge in [0.15, 0.2) is 0 Å². The van der Waals surface area contributed by atoms with Gasteiger partial charge in [0.25, 0.3) is 5.69 Å². The van der Waals surface area contributed by atoms with E-state index < -0.39 is 4.92 Å². The molecule has 1 N–H and O–H groups in total. The lowest BCUT2D eigenvalue weighted by atomic mass is 9.99. The van der Waals surface area contributed by atoms with E-state index in [1.54, 1.807) is 18.2 Å². The van der Waals surface area contributed by atoms with Crippen molar-refractivity contribution in [2.45, 2.75) is 39.2 Å². The van der Waals surface area contributed by atoms with Gasteiger partial charge in [0, 0.05) is 30.8 Å². The Hall–Kier alpha value is -1.95. The maximum Gasteiger partial charge on any atom is 0.273 e. The van der Waals surface area contributed by atoms with Crippen molar-refractivity contribution < 1.29 is 9.72 Å². The number of rotatable bonds is 6. The Bertz CT molecular complexity index is 562. The molecule has 1 aliphatic rings. The highest BCUT2D eigenvalue weighted by Gasteiger charge is 2.21. The highest BCUT2D eigenvalue weighted by atomic mass is 16.6. The number of amides is 1. The van der Waals surface area contributed by atoms with Crippen LogP contribution in [0.15, 0.2) is 24.3 Å². The summed E-state index contributed by atoms with van der Waals surface area (Å²) in [5.41, 5.74) is 0.454. The second kappa shape index (κ2) is 8.06. The quantitative estimate of drug-likeness (QED) is 0.645. The standard InChI is InChI=1S/C17H25N3O3/c1-13-6-5-9-19(12-13)14(2)11-18-17(21)10-15-7-3-4-8-16(15)20(22)23/h3-4,7-8,13-14H,5-6,9-12H2,1-2H3,(H,18,21). The van der Waals surface area contributed by atoms with Crippen molar-refractivity contribution in [3.63, 3.8) is 0 Å². The molecule has 0 spiro atoms. The average Bonchev–Trinajstić information content (AvgIpc) is 2.53. The van der Waals surface area contributed by atoms with Crippen molar-refractivity contribution in [1.29, 1.82) is 0 Å². The third-order valence-corrected chi connectivity index (χ3v) is 4.45. The van der Waals surface area contributed by atoms with Crippen molar-refractivity contribution in [2.75, 3.05) is 19.6 Å². The predicted octanol–water partition coefficient (Wildman–Crippen LogP) is 2.37. The molecular weight excluding hydrogens is 294 g/mol. The summed E-state index contributed by atoms with van der Waals surface area (Å²) in [5.74, 6) is 0.532. The van der Waals surface area contributed by atoms with E-state index in [1.165, 1.54) is 18.9 Å². The number of nitro benzene ring substituents is 1. The largest absolute Gasteiger partial charge is 0.354 e. The van der Waals surface area contributed by atoms with Crippen molar-refractivity contribution >= 4 is 11.6 Å². The van der Waals surface area contributed by atoms with Crippen LogP contribution in [0.25, 0.3) is 0 Å². The minimum Gasteiger partial charge on any atom is -0.354 e. The van der Waals surface area contributed by atoms with Crippen LogP contribution in [-0.4, -0.2) is 41.4 Å². The van der Waals surface area contributed by atoms with Crippen LogP contribution in [0.2, 0.25) is 0 Å². The summed E-state index contributed by atoms with van der Waals surface area (Å²) >= 11 is 0. The normalized spacial score (nSPS) is 20.0. The first kappa shape index (κ1) is 17.4. The van der Waals surface area contributed by atoms with Crippen LogP contribution >= 0.6 is 0 Å². The van der Waals surface area contributed by atoms with E-state index in [0.29, 0.717) is 18.0 Å². The minimum absolute atomic E-state index is 0.000513. The highest BCUT2D eigenvalue weighted by molar-refractivity contribution is 5.79. The maximum atomic E-state index is 12.1. The van der Waals surface area contributed by atoms with Gasteiger partial charge in [-0.1, -0.05) is 25.1 Å². The third-order valence-electron chi connectivity index (χ3n) is 4.45. The lowest BCUT2D eigenvalue weighted by Gasteiger charge is -2.35. The maximum absolute atomic E-state index is 12.1. The molecule has 1 saturated heterocycles. The van der Waals surface area contributed by atoms with Crippen molar-refractivity contribution in [1.82, 2.24) is 10.2 Å². The lowest BCUT2D eigenvalue weighted by molar-refractivity contribution is -0.385. The molecule has 2 atom stereocenters. The summed E-state index contributed by atoms with van der Waals surface area (Å²) in [7, 11) is 0. The number of nitrogens with zero attached hydrogens (tertiary/aromatic N) is 2. The van der Waals surface area contributed by atoms with Gasteiger partial charge < -0.3 is 5.32 Å². The fourth-order valence-electron chi connectivity index (χ4n) is 3.09. The number of piperidine rings is 1. The van der Waals surface area contributed by atoms with Crippen LogP contribution in [0, 0.1) is 16.0 Å². The van der Waals surface area contributed by atoms with Gasteiger partial charge in [0.05, 0.1) is 11.3 Å². The first-order valence-corrected chi connectivity index (χ1v) is 8.20. The molecule has 0 radical (unpaired) electrons. The van der Waals surface area contributed by atoms with E-state index in [2.05, 4.69) is 24.1 Å². The summed E-state index contributed by atoms with van der Waals surface area (Å²) in [4.78, 5) is 25.0. The van der Waals surface area contributed by atoms with Gasteiger partial charge >= 0.3 is 0 Å². The molecule has 23 heavy (non-hydrogen) atoms. The first-order valence-electron chi connectivity index (χ1n) is 8.20. The Morgan fingerprint density at radius 3 is 2.91 bits per heavy atom. The SMILES string of the molecule is CC1CCCN(C(C)CNC(=O)Cc2ccccc2[N+](=O)[O-])C1. The summed E-state index contributed by atoms with van der Waals surface area (Å²) in [6.45, 7) is 7.09. The fraction of sp³-hybridized carbons (Fsp3) is 0.588. The van der Waals surface area contributed by atoms with E-state index in [0.717, 1.165) is 13.1 Å². The molecule has 2 rings (SSSR count). The number of carbonyl (C=O) groups excluding carboxylic acids is 1. The topological polar surface area (TPSA) is 75.5 Å². The number of para-hydroxylation sites is 1. The molecule has 6 nitrogen and oxygen atoms in total. The van der Waals surface area contributed by atoms with E-state index in [1.807, 2.05) is 0 Å². The Morgan fingerprint density at radius 1 is 1.48 bits per heavy atom. The van der Waals surface area contributed by atoms with Gasteiger partial charge in [0.1, 0.15) is 0 Å². The molecule has 1 aromatic carbocycles. The number of hydrogen-bond acceptors (Lipinski definition) is 4. The minimum atomic E-state index is -0.444. The Labute approximate surface area is 137 Å². The summed E-state index contributed by atoms with van der Waals surface area (Å²) in [6, 6.07) is 6.67. The van der Waals surface area contributed by atoms with E-state index >= 15 is 0 Å². The average molecular weight is 319 g/mol. The Morgan fingerprint density at radius 2 is 2.22 bits per heavy atom. The van der Waals surface area contributed by atoms with Crippen LogP contribution < -0.4 is 5.32 Å². The zero-order valence-corrected chi connectivity index (χ0v) is 13.8. The van der Waals surface area contributed by atoms with Gasteiger partial charge in [-0.05, 0) is 32.2 Å². The molecule has 126 valence electrons. The molecule has 0 aromatic heterocycles. The van der Waals surface area contributed by atoms with E-state index in [4.69, 9.17) is 0 Å². The number of benzene rings is 1. The first-order chi connectivity index (χ1) is 11.0.